The number of halogens is 3. The molecule has 0 fully saturated rings. The normalized spacial score (nSPS) is 11.0. The maximum absolute atomic E-state index is 12.7. The number of alkyl halides is 3. The Morgan fingerprint density at radius 2 is 1.70 bits per heavy atom. The standard InChI is InChI=1S/C16H11F3O4/c1-22-15(21)14(20)12-7-2-3-8-13(12)23-11-6-4-5-10(9-11)16(17,18)19/h2-9H,1H3. The Hall–Kier alpha value is -2.83. The lowest BCUT2D eigenvalue weighted by atomic mass is 10.1. The third kappa shape index (κ3) is 3.88. The van der Waals surface area contributed by atoms with Crippen molar-refractivity contribution >= 4 is 11.8 Å². The lowest BCUT2D eigenvalue weighted by Crippen LogP contribution is -2.16. The molecule has 23 heavy (non-hydrogen) atoms. The van der Waals surface area contributed by atoms with Crippen LogP contribution in [0.25, 0.3) is 0 Å². The van der Waals surface area contributed by atoms with Crippen molar-refractivity contribution in [2.24, 2.45) is 0 Å². The molecule has 4 nitrogen and oxygen atoms in total. The van der Waals surface area contributed by atoms with E-state index >= 15 is 0 Å². The number of para-hydroxylation sites is 1. The minimum Gasteiger partial charge on any atom is -0.463 e. The van der Waals surface area contributed by atoms with Gasteiger partial charge >= 0.3 is 12.1 Å². The van der Waals surface area contributed by atoms with Gasteiger partial charge in [0.25, 0.3) is 5.78 Å². The van der Waals surface area contributed by atoms with E-state index in [4.69, 9.17) is 4.74 Å². The van der Waals surface area contributed by atoms with Gasteiger partial charge in [0.05, 0.1) is 18.2 Å². The van der Waals surface area contributed by atoms with Crippen LogP contribution < -0.4 is 4.74 Å². The molecule has 2 rings (SSSR count). The minimum atomic E-state index is -4.51. The maximum Gasteiger partial charge on any atom is 0.416 e. The molecule has 0 radical (unpaired) electrons. The highest BCUT2D eigenvalue weighted by Gasteiger charge is 2.30. The lowest BCUT2D eigenvalue weighted by molar-refractivity contribution is -0.137. The molecule has 0 saturated carbocycles. The second kappa shape index (κ2) is 6.51. The number of carbonyl (C=O) groups excluding carboxylic acids is 2. The van der Waals surface area contributed by atoms with E-state index in [1.54, 1.807) is 0 Å². The lowest BCUT2D eigenvalue weighted by Gasteiger charge is -2.12. The molecular formula is C16H11F3O4. The molecular weight excluding hydrogens is 313 g/mol. The number of ether oxygens (including phenoxy) is 2. The summed E-state index contributed by atoms with van der Waals surface area (Å²) < 4.78 is 47.8. The molecule has 0 aliphatic heterocycles. The van der Waals surface area contributed by atoms with Crippen molar-refractivity contribution in [1.82, 2.24) is 0 Å². The number of benzene rings is 2. The number of Topliss-reactive ketones (excluding diaryl/α,β-unsaturated/α-hetero) is 1. The van der Waals surface area contributed by atoms with Gasteiger partial charge in [0.15, 0.2) is 0 Å². The predicted molar refractivity (Wildman–Crippen MR) is 74.3 cm³/mol. The zero-order chi connectivity index (χ0) is 17.0. The molecule has 0 unspecified atom stereocenters. The Balaban J connectivity index is 2.35. The van der Waals surface area contributed by atoms with Crippen LogP contribution in [0.1, 0.15) is 15.9 Å². The number of esters is 1. The maximum atomic E-state index is 12.7. The van der Waals surface area contributed by atoms with Gasteiger partial charge in [-0.3, -0.25) is 4.79 Å². The Bertz CT molecular complexity index is 738. The fourth-order valence-electron chi connectivity index (χ4n) is 1.81. The Labute approximate surface area is 129 Å². The van der Waals surface area contributed by atoms with Crippen LogP contribution in [0, 0.1) is 0 Å². The number of methoxy groups -OCH3 is 1. The van der Waals surface area contributed by atoms with E-state index in [0.717, 1.165) is 19.2 Å². The molecule has 7 heteroatoms. The smallest absolute Gasteiger partial charge is 0.416 e. The summed E-state index contributed by atoms with van der Waals surface area (Å²) in [6.45, 7) is 0. The average Bonchev–Trinajstić information content (AvgIpc) is 2.53. The molecule has 0 N–H and O–H groups in total. The molecule has 120 valence electrons. The second-order valence-electron chi connectivity index (χ2n) is 4.44. The fourth-order valence-corrected chi connectivity index (χ4v) is 1.81. The number of rotatable bonds is 4. The van der Waals surface area contributed by atoms with Gasteiger partial charge in [0.1, 0.15) is 11.5 Å². The first-order chi connectivity index (χ1) is 10.8. The molecule has 0 spiro atoms. The predicted octanol–water partition coefficient (Wildman–Crippen LogP) is 3.85. The second-order valence-corrected chi connectivity index (χ2v) is 4.44. The molecule has 0 amide bonds. The van der Waals surface area contributed by atoms with Crippen LogP contribution >= 0.6 is 0 Å². The summed E-state index contributed by atoms with van der Waals surface area (Å²) in [7, 11) is 1.05. The first kappa shape index (κ1) is 16.5. The number of carbonyl (C=O) groups is 2. The first-order valence-electron chi connectivity index (χ1n) is 6.39. The highest BCUT2D eigenvalue weighted by molar-refractivity contribution is 6.41. The van der Waals surface area contributed by atoms with Crippen LogP contribution in [0.2, 0.25) is 0 Å². The SMILES string of the molecule is COC(=O)C(=O)c1ccccc1Oc1cccc(C(F)(F)F)c1. The van der Waals surface area contributed by atoms with Crippen LogP contribution in [-0.4, -0.2) is 18.9 Å². The van der Waals surface area contributed by atoms with E-state index in [-0.39, 0.29) is 17.1 Å². The zero-order valence-electron chi connectivity index (χ0n) is 11.9. The highest BCUT2D eigenvalue weighted by atomic mass is 19.4. The van der Waals surface area contributed by atoms with E-state index in [9.17, 15) is 22.8 Å². The van der Waals surface area contributed by atoms with Crippen molar-refractivity contribution < 1.29 is 32.2 Å². The molecule has 2 aromatic rings. The monoisotopic (exact) mass is 324 g/mol. The van der Waals surface area contributed by atoms with E-state index in [1.165, 1.54) is 36.4 Å². The van der Waals surface area contributed by atoms with Gasteiger partial charge in [0, 0.05) is 0 Å². The van der Waals surface area contributed by atoms with Crippen molar-refractivity contribution in [3.63, 3.8) is 0 Å². The molecule has 2 aromatic carbocycles. The average molecular weight is 324 g/mol. The Kier molecular flexibility index (Phi) is 4.68. The van der Waals surface area contributed by atoms with Gasteiger partial charge in [-0.25, -0.2) is 4.79 Å². The highest BCUT2D eigenvalue weighted by Crippen LogP contribution is 2.33. The quantitative estimate of drug-likeness (QED) is 0.487. The molecule has 0 aromatic heterocycles. The van der Waals surface area contributed by atoms with Crippen molar-refractivity contribution in [2.45, 2.75) is 6.18 Å². The molecule has 0 saturated heterocycles. The third-order valence-electron chi connectivity index (χ3n) is 2.89. The molecule has 0 atom stereocenters. The van der Waals surface area contributed by atoms with Crippen LogP contribution in [0.5, 0.6) is 11.5 Å². The summed E-state index contributed by atoms with van der Waals surface area (Å²) in [5, 5.41) is 0. The number of hydrogen-bond acceptors (Lipinski definition) is 4. The molecule has 0 heterocycles. The van der Waals surface area contributed by atoms with Crippen LogP contribution in [-0.2, 0) is 15.7 Å². The van der Waals surface area contributed by atoms with Gasteiger partial charge in [-0.05, 0) is 30.3 Å². The summed E-state index contributed by atoms with van der Waals surface area (Å²) in [5.74, 6) is -2.19. The first-order valence-corrected chi connectivity index (χ1v) is 6.39. The van der Waals surface area contributed by atoms with Gasteiger partial charge in [-0.15, -0.1) is 0 Å². The molecule has 0 aliphatic carbocycles. The molecule has 0 aliphatic rings. The van der Waals surface area contributed by atoms with Crippen molar-refractivity contribution in [3.8, 4) is 11.5 Å². The summed E-state index contributed by atoms with van der Waals surface area (Å²) >= 11 is 0. The minimum absolute atomic E-state index is 0.0396. The van der Waals surface area contributed by atoms with E-state index < -0.39 is 23.5 Å². The number of hydrogen-bond donors (Lipinski definition) is 0. The van der Waals surface area contributed by atoms with Gasteiger partial charge in [0.2, 0.25) is 0 Å². The Morgan fingerprint density at radius 3 is 2.35 bits per heavy atom. The van der Waals surface area contributed by atoms with Crippen LogP contribution in [0.4, 0.5) is 13.2 Å². The topological polar surface area (TPSA) is 52.6 Å². The van der Waals surface area contributed by atoms with Crippen molar-refractivity contribution in [2.75, 3.05) is 7.11 Å². The van der Waals surface area contributed by atoms with E-state index in [1.807, 2.05) is 0 Å². The van der Waals surface area contributed by atoms with E-state index in [0.29, 0.717) is 0 Å². The van der Waals surface area contributed by atoms with Gasteiger partial charge in [-0.2, -0.15) is 13.2 Å². The van der Waals surface area contributed by atoms with Crippen molar-refractivity contribution in [1.29, 1.82) is 0 Å². The summed E-state index contributed by atoms with van der Waals surface area (Å²) in [6.07, 6.45) is -4.51. The van der Waals surface area contributed by atoms with E-state index in [2.05, 4.69) is 4.74 Å². The molecule has 0 bridgehead atoms. The third-order valence-corrected chi connectivity index (χ3v) is 2.89. The zero-order valence-corrected chi connectivity index (χ0v) is 11.9. The Morgan fingerprint density at radius 1 is 1.00 bits per heavy atom. The summed E-state index contributed by atoms with van der Waals surface area (Å²) in [5.41, 5.74) is -0.983. The van der Waals surface area contributed by atoms with Crippen molar-refractivity contribution in [3.05, 3.63) is 59.7 Å². The summed E-state index contributed by atoms with van der Waals surface area (Å²) in [6, 6.07) is 9.92. The van der Waals surface area contributed by atoms with Crippen LogP contribution in [0.15, 0.2) is 48.5 Å². The van der Waals surface area contributed by atoms with Gasteiger partial charge in [-0.1, -0.05) is 18.2 Å². The number of ketones is 1. The van der Waals surface area contributed by atoms with Crippen LogP contribution in [0.3, 0.4) is 0 Å². The fraction of sp³-hybridized carbons (Fsp3) is 0.125. The summed E-state index contributed by atoms with van der Waals surface area (Å²) in [4.78, 5) is 23.2. The van der Waals surface area contributed by atoms with Gasteiger partial charge < -0.3 is 9.47 Å². The largest absolute Gasteiger partial charge is 0.463 e.